The van der Waals surface area contributed by atoms with E-state index in [0.717, 1.165) is 42.5 Å². The Kier molecular flexibility index (Phi) is 36.7. The molecule has 0 radical (unpaired) electrons. The summed E-state index contributed by atoms with van der Waals surface area (Å²) >= 11 is 4.24. The van der Waals surface area contributed by atoms with Crippen LogP contribution >= 0.6 is 37.2 Å². The van der Waals surface area contributed by atoms with Crippen LogP contribution in [-0.2, 0) is 32.2 Å². The zero-order chi connectivity index (χ0) is 31.6. The molecule has 0 aliphatic carbocycles. The lowest BCUT2D eigenvalue weighted by Gasteiger charge is -2.06. The van der Waals surface area contributed by atoms with Gasteiger partial charge in [-0.3, -0.25) is 5.32 Å². The summed E-state index contributed by atoms with van der Waals surface area (Å²) < 4.78 is 9.91. The molecule has 0 unspecified atom stereocenters. The summed E-state index contributed by atoms with van der Waals surface area (Å²) in [6.45, 7) is 9.77. The predicted molar refractivity (Wildman–Crippen MR) is 181 cm³/mol. The Morgan fingerprint density at radius 2 is 1.29 bits per heavy atom. The average Bonchev–Trinajstić information content (AvgIpc) is 3.02. The molecule has 0 saturated carbocycles. The van der Waals surface area contributed by atoms with Crippen molar-refractivity contribution in [1.82, 2.24) is 5.32 Å². The molecule has 0 heterocycles. The number of hydrogen-bond donors (Lipinski definition) is 2. The van der Waals surface area contributed by atoms with Crippen molar-refractivity contribution in [3.63, 3.8) is 0 Å². The highest BCUT2D eigenvalue weighted by molar-refractivity contribution is 15.0. The molecule has 0 bridgehead atoms. The molecular weight excluding hydrogens is 754 g/mol. The van der Waals surface area contributed by atoms with E-state index in [-0.39, 0.29) is 6.09 Å². The zero-order valence-corrected chi connectivity index (χ0v) is 28.8. The number of hydrogen-bond acceptors (Lipinski definition) is 8. The van der Waals surface area contributed by atoms with Crippen LogP contribution < -0.4 is 10.6 Å². The number of amides is 2. The molecule has 2 rings (SSSR count). The van der Waals surface area contributed by atoms with Crippen LogP contribution in [0.25, 0.3) is 0 Å². The molecule has 2 amide bonds. The fraction of sp³-hybridized carbons (Fsp3) is 0.448. The predicted octanol–water partition coefficient (Wildman–Crippen LogP) is 8.33. The van der Waals surface area contributed by atoms with Crippen molar-refractivity contribution in [3.8, 4) is 0 Å². The number of anilines is 1. The van der Waals surface area contributed by atoms with E-state index in [9.17, 15) is 14.4 Å². The molecule has 12 heteroatoms. The molecule has 0 fully saturated rings. The Hall–Kier alpha value is -2.80. The van der Waals surface area contributed by atoms with Crippen molar-refractivity contribution in [2.75, 3.05) is 25.6 Å². The number of benzene rings is 2. The third kappa shape index (κ3) is 30.0. The standard InChI is InChI=1S/C14H18N2O3.C11H15NO2.C2H3NO.C2H6.I2/c1-2-3-8-19-14(18)16-10-13-6-4-12(5-7-13)9-15-11-17;1-2-3-9-14-11(13)12-10-7-5-4-6-8-10;1-3-2-4;2*1-2/h4-7H,2-3,8-10H2,1H3,(H,16,18);4-8H,2-3,9H2,1H3,(H,12,13);1H3;1-2H3;. The van der Waals surface area contributed by atoms with Crippen LogP contribution in [0.4, 0.5) is 15.3 Å². The molecule has 228 valence electrons. The van der Waals surface area contributed by atoms with Gasteiger partial charge < -0.3 is 14.8 Å². The number of isocyanates is 2. The molecule has 0 spiro atoms. The summed E-state index contributed by atoms with van der Waals surface area (Å²) in [5.74, 6) is 0. The Morgan fingerprint density at radius 1 is 0.805 bits per heavy atom. The number of carbonyl (C=O) groups excluding carboxylic acids is 4. The zero-order valence-electron chi connectivity index (χ0n) is 24.5. The van der Waals surface area contributed by atoms with E-state index in [4.69, 9.17) is 14.3 Å². The number of nitrogens with one attached hydrogen (secondary N) is 2. The third-order valence-corrected chi connectivity index (χ3v) is 4.36. The van der Waals surface area contributed by atoms with Crippen LogP contribution in [0.2, 0.25) is 0 Å². The van der Waals surface area contributed by atoms with Gasteiger partial charge in [0.1, 0.15) is 0 Å². The first kappa shape index (κ1) is 42.7. The van der Waals surface area contributed by atoms with Crippen molar-refractivity contribution in [2.24, 2.45) is 9.98 Å². The Balaban J connectivity index is -0.000000576. The highest BCUT2D eigenvalue weighted by Crippen LogP contribution is 2.06. The van der Waals surface area contributed by atoms with Gasteiger partial charge in [-0.1, -0.05) is 83.0 Å². The van der Waals surface area contributed by atoms with E-state index >= 15 is 0 Å². The van der Waals surface area contributed by atoms with Gasteiger partial charge in [-0.2, -0.15) is 0 Å². The number of nitrogens with zero attached hydrogens (tertiary/aromatic N) is 2. The summed E-state index contributed by atoms with van der Waals surface area (Å²) in [5, 5.41) is 5.31. The van der Waals surface area contributed by atoms with Gasteiger partial charge in [0.25, 0.3) is 0 Å². The number of ether oxygens (including phenoxy) is 2. The Morgan fingerprint density at radius 3 is 1.76 bits per heavy atom. The van der Waals surface area contributed by atoms with Gasteiger partial charge in [0.2, 0.25) is 12.2 Å². The highest BCUT2D eigenvalue weighted by atomic mass is 128. The Bertz CT molecular complexity index is 983. The van der Waals surface area contributed by atoms with Crippen LogP contribution in [-0.4, -0.2) is 44.6 Å². The number of carbonyl (C=O) groups is 2. The number of halogens is 2. The van der Waals surface area contributed by atoms with Gasteiger partial charge in [0.15, 0.2) is 0 Å². The molecule has 2 N–H and O–H groups in total. The van der Waals surface area contributed by atoms with Crippen molar-refractivity contribution >= 4 is 67.3 Å². The van der Waals surface area contributed by atoms with E-state index < -0.39 is 6.09 Å². The van der Waals surface area contributed by atoms with Crippen LogP contribution in [0, 0.1) is 0 Å². The second kappa shape index (κ2) is 35.2. The summed E-state index contributed by atoms with van der Waals surface area (Å²) in [6, 6.07) is 16.7. The molecule has 0 aliphatic rings. The van der Waals surface area contributed by atoms with E-state index in [1.54, 1.807) is 0 Å². The number of para-hydroxylation sites is 1. The molecule has 0 aromatic heterocycles. The quantitative estimate of drug-likeness (QED) is 0.102. The van der Waals surface area contributed by atoms with E-state index in [0.29, 0.717) is 26.3 Å². The lowest BCUT2D eigenvalue weighted by molar-refractivity contribution is 0.144. The fourth-order valence-corrected chi connectivity index (χ4v) is 2.41. The smallest absolute Gasteiger partial charge is 0.411 e. The summed E-state index contributed by atoms with van der Waals surface area (Å²) in [7, 11) is 1.38. The van der Waals surface area contributed by atoms with Crippen molar-refractivity contribution < 1.29 is 28.7 Å². The maximum absolute atomic E-state index is 11.3. The molecule has 0 aliphatic heterocycles. The van der Waals surface area contributed by atoms with Gasteiger partial charge in [0, 0.05) is 56.5 Å². The minimum Gasteiger partial charge on any atom is -0.450 e. The second-order valence-electron chi connectivity index (χ2n) is 7.36. The maximum atomic E-state index is 11.3. The summed E-state index contributed by atoms with van der Waals surface area (Å²) in [6.07, 6.45) is 5.82. The van der Waals surface area contributed by atoms with E-state index in [2.05, 4.69) is 64.8 Å². The second-order valence-corrected chi connectivity index (χ2v) is 7.36. The van der Waals surface area contributed by atoms with Gasteiger partial charge in [-0.15, -0.1) is 0 Å². The Labute approximate surface area is 267 Å². The van der Waals surface area contributed by atoms with Crippen LogP contribution in [0.15, 0.2) is 64.6 Å². The number of unbranched alkanes of at least 4 members (excludes halogenated alkanes) is 2. The first-order chi connectivity index (χ1) is 20.0. The van der Waals surface area contributed by atoms with Crippen molar-refractivity contribution in [1.29, 1.82) is 0 Å². The van der Waals surface area contributed by atoms with Crippen LogP contribution in [0.3, 0.4) is 0 Å². The van der Waals surface area contributed by atoms with Crippen molar-refractivity contribution in [3.05, 3.63) is 65.7 Å². The normalized spacial score (nSPS) is 8.37. The lowest BCUT2D eigenvalue weighted by atomic mass is 10.1. The van der Waals surface area contributed by atoms with E-state index in [1.807, 2.05) is 75.4 Å². The van der Waals surface area contributed by atoms with Crippen LogP contribution in [0.5, 0.6) is 0 Å². The highest BCUT2D eigenvalue weighted by Gasteiger charge is 2.02. The number of alkyl carbamates (subject to hydrolysis) is 1. The topological polar surface area (TPSA) is 136 Å². The minimum absolute atomic E-state index is 0.330. The molecule has 41 heavy (non-hydrogen) atoms. The molecular formula is C29H42I2N4O6. The number of aliphatic imine (C=N–C) groups is 2. The van der Waals surface area contributed by atoms with Gasteiger partial charge >= 0.3 is 12.2 Å². The van der Waals surface area contributed by atoms with Gasteiger partial charge in [0.05, 0.1) is 19.8 Å². The van der Waals surface area contributed by atoms with Gasteiger partial charge in [-0.05, 0) is 36.1 Å². The SMILES string of the molecule is CC.CCCCOC(=O)NCc1ccc(CN=C=O)cc1.CCCCOC(=O)Nc1ccccc1.CN=C=O.II. The first-order valence-electron chi connectivity index (χ1n) is 13.1. The molecule has 2 aromatic carbocycles. The molecule has 10 nitrogen and oxygen atoms in total. The summed E-state index contributed by atoms with van der Waals surface area (Å²) in [4.78, 5) is 47.7. The van der Waals surface area contributed by atoms with Crippen LogP contribution in [0.1, 0.15) is 64.5 Å². The first-order valence-corrected chi connectivity index (χ1v) is 19.4. The maximum Gasteiger partial charge on any atom is 0.411 e. The number of rotatable bonds is 11. The van der Waals surface area contributed by atoms with E-state index in [1.165, 1.54) is 19.2 Å². The lowest BCUT2D eigenvalue weighted by Crippen LogP contribution is -2.24. The minimum atomic E-state index is -0.400. The van der Waals surface area contributed by atoms with Gasteiger partial charge in [-0.25, -0.2) is 29.2 Å². The fourth-order valence-electron chi connectivity index (χ4n) is 2.41. The average molecular weight is 796 g/mol. The molecule has 0 saturated heterocycles. The monoisotopic (exact) mass is 796 g/mol. The summed E-state index contributed by atoms with van der Waals surface area (Å²) in [5.41, 5.74) is 2.65. The molecule has 2 aromatic rings. The molecule has 0 atom stereocenters. The largest absolute Gasteiger partial charge is 0.450 e. The van der Waals surface area contributed by atoms with Crippen molar-refractivity contribution in [2.45, 2.75) is 66.5 Å². The third-order valence-electron chi connectivity index (χ3n) is 4.36.